The van der Waals surface area contributed by atoms with E-state index in [9.17, 15) is 15.0 Å². The first-order valence-electron chi connectivity index (χ1n) is 6.55. The zero-order valence-corrected chi connectivity index (χ0v) is 11.1. The van der Waals surface area contributed by atoms with Gasteiger partial charge in [0, 0.05) is 10.8 Å². The third kappa shape index (κ3) is 2.49. The lowest BCUT2D eigenvalue weighted by Gasteiger charge is -2.16. The predicted molar refractivity (Wildman–Crippen MR) is 76.9 cm³/mol. The van der Waals surface area contributed by atoms with Crippen LogP contribution in [0.1, 0.15) is 18.1 Å². The van der Waals surface area contributed by atoms with Crippen molar-refractivity contribution in [1.82, 2.24) is 0 Å². The van der Waals surface area contributed by atoms with Gasteiger partial charge in [0.25, 0.3) is 0 Å². The molecule has 5 nitrogen and oxygen atoms in total. The molecular formula is C16H14O5. The first-order valence-corrected chi connectivity index (χ1v) is 6.55. The molecule has 2 unspecified atom stereocenters. The number of aliphatic carboxylic acids is 1. The van der Waals surface area contributed by atoms with Gasteiger partial charge < -0.3 is 19.7 Å². The summed E-state index contributed by atoms with van der Waals surface area (Å²) in [5.74, 6) is -1.16. The van der Waals surface area contributed by atoms with Crippen LogP contribution in [0, 0.1) is 0 Å². The summed E-state index contributed by atoms with van der Waals surface area (Å²) in [7, 11) is 0. The highest BCUT2D eigenvalue weighted by molar-refractivity contribution is 6.05. The van der Waals surface area contributed by atoms with Crippen molar-refractivity contribution in [3.63, 3.8) is 0 Å². The third-order valence-corrected chi connectivity index (χ3v) is 3.49. The second kappa shape index (κ2) is 5.20. The minimum Gasteiger partial charge on any atom is -0.481 e. The molecule has 0 aliphatic carbocycles. The molecule has 108 valence electrons. The lowest BCUT2D eigenvalue weighted by molar-refractivity contribution is -0.141. The number of carboxylic acids is 1. The topological polar surface area (TPSA) is 90.9 Å². The van der Waals surface area contributed by atoms with Crippen molar-refractivity contribution in [2.24, 2.45) is 0 Å². The van der Waals surface area contributed by atoms with Gasteiger partial charge in [0.05, 0.1) is 12.5 Å². The van der Waals surface area contributed by atoms with Gasteiger partial charge in [0.15, 0.2) is 0 Å². The van der Waals surface area contributed by atoms with E-state index in [2.05, 4.69) is 0 Å². The Balaban J connectivity index is 2.03. The molecule has 0 fully saturated rings. The van der Waals surface area contributed by atoms with Crippen LogP contribution in [0.2, 0.25) is 0 Å². The highest BCUT2D eigenvalue weighted by Crippen LogP contribution is 2.31. The Hall–Kier alpha value is -2.37. The molecule has 0 aliphatic heterocycles. The number of carboxylic acid groups (broad SMARTS) is 1. The monoisotopic (exact) mass is 286 g/mol. The summed E-state index contributed by atoms with van der Waals surface area (Å²) in [4.78, 5) is 10.6. The summed E-state index contributed by atoms with van der Waals surface area (Å²) in [6.45, 7) is 0. The molecule has 5 heteroatoms. The first kappa shape index (κ1) is 13.6. The largest absolute Gasteiger partial charge is 0.481 e. The Kier molecular flexibility index (Phi) is 3.37. The van der Waals surface area contributed by atoms with Gasteiger partial charge in [-0.3, -0.25) is 4.79 Å². The molecule has 2 aromatic carbocycles. The molecule has 1 heterocycles. The normalized spacial score (nSPS) is 14.4. The molecule has 0 amide bonds. The van der Waals surface area contributed by atoms with Crippen LogP contribution in [0.15, 0.2) is 46.9 Å². The molecule has 3 rings (SSSR count). The van der Waals surface area contributed by atoms with Gasteiger partial charge in [0.1, 0.15) is 17.3 Å². The third-order valence-electron chi connectivity index (χ3n) is 3.49. The Morgan fingerprint density at radius 2 is 1.76 bits per heavy atom. The maximum Gasteiger partial charge on any atom is 0.306 e. The van der Waals surface area contributed by atoms with Crippen LogP contribution >= 0.6 is 0 Å². The zero-order chi connectivity index (χ0) is 15.0. The second-order valence-electron chi connectivity index (χ2n) is 4.96. The van der Waals surface area contributed by atoms with Crippen LogP contribution in [-0.2, 0) is 4.79 Å². The zero-order valence-electron chi connectivity index (χ0n) is 11.1. The molecule has 21 heavy (non-hydrogen) atoms. The number of hydrogen-bond acceptors (Lipinski definition) is 4. The SMILES string of the molecule is O=C(O)CC(O)C(O)c1ccc2oc3ccccc3c2c1. The van der Waals surface area contributed by atoms with Crippen LogP contribution < -0.4 is 0 Å². The molecule has 0 bridgehead atoms. The molecule has 3 aromatic rings. The Morgan fingerprint density at radius 3 is 2.52 bits per heavy atom. The number of hydrogen-bond donors (Lipinski definition) is 3. The number of furan rings is 1. The fourth-order valence-electron chi connectivity index (χ4n) is 2.44. The van der Waals surface area contributed by atoms with Crippen molar-refractivity contribution in [2.45, 2.75) is 18.6 Å². The lowest BCUT2D eigenvalue weighted by atomic mass is 10.00. The van der Waals surface area contributed by atoms with Crippen molar-refractivity contribution < 1.29 is 24.5 Å². The summed E-state index contributed by atoms with van der Waals surface area (Å²) in [6, 6.07) is 12.6. The minimum atomic E-state index is -1.35. The van der Waals surface area contributed by atoms with Crippen molar-refractivity contribution in [1.29, 1.82) is 0 Å². The van der Waals surface area contributed by atoms with E-state index < -0.39 is 24.6 Å². The number of rotatable bonds is 4. The van der Waals surface area contributed by atoms with Crippen molar-refractivity contribution in [3.8, 4) is 0 Å². The highest BCUT2D eigenvalue weighted by Gasteiger charge is 2.22. The standard InChI is InChI=1S/C16H14O5/c17-12(8-15(18)19)16(20)9-5-6-14-11(7-9)10-3-1-2-4-13(10)21-14/h1-7,12,16-17,20H,8H2,(H,18,19). The average Bonchev–Trinajstić information content (AvgIpc) is 2.83. The van der Waals surface area contributed by atoms with Gasteiger partial charge in [-0.15, -0.1) is 0 Å². The van der Waals surface area contributed by atoms with Gasteiger partial charge in [-0.2, -0.15) is 0 Å². The molecule has 0 spiro atoms. The van der Waals surface area contributed by atoms with Crippen LogP contribution in [0.3, 0.4) is 0 Å². The van der Waals surface area contributed by atoms with E-state index in [0.717, 1.165) is 16.4 Å². The fourth-order valence-corrected chi connectivity index (χ4v) is 2.44. The van der Waals surface area contributed by atoms with Crippen LogP contribution in [0.5, 0.6) is 0 Å². The maximum atomic E-state index is 10.6. The van der Waals surface area contributed by atoms with E-state index in [0.29, 0.717) is 11.1 Å². The van der Waals surface area contributed by atoms with Gasteiger partial charge in [-0.05, 0) is 23.8 Å². The maximum absolute atomic E-state index is 10.6. The summed E-state index contributed by atoms with van der Waals surface area (Å²) < 4.78 is 5.67. The number of carbonyl (C=O) groups is 1. The van der Waals surface area contributed by atoms with Gasteiger partial charge in [-0.1, -0.05) is 24.3 Å². The summed E-state index contributed by atoms with van der Waals surface area (Å²) in [5, 5.41) is 30.2. The number of para-hydroxylation sites is 1. The van der Waals surface area contributed by atoms with E-state index in [1.807, 2.05) is 24.3 Å². The molecule has 0 radical (unpaired) electrons. The van der Waals surface area contributed by atoms with Crippen LogP contribution in [0.4, 0.5) is 0 Å². The molecule has 0 saturated heterocycles. The van der Waals surface area contributed by atoms with Crippen LogP contribution in [-0.4, -0.2) is 27.4 Å². The Bertz CT molecular complexity index is 805. The number of aliphatic hydroxyl groups excluding tert-OH is 2. The van der Waals surface area contributed by atoms with E-state index in [1.165, 1.54) is 0 Å². The van der Waals surface area contributed by atoms with E-state index in [1.54, 1.807) is 18.2 Å². The quantitative estimate of drug-likeness (QED) is 0.685. The van der Waals surface area contributed by atoms with Gasteiger partial charge >= 0.3 is 5.97 Å². The molecule has 1 aromatic heterocycles. The first-order chi connectivity index (χ1) is 10.1. The molecule has 3 N–H and O–H groups in total. The van der Waals surface area contributed by atoms with Crippen molar-refractivity contribution >= 4 is 27.9 Å². The van der Waals surface area contributed by atoms with E-state index >= 15 is 0 Å². The summed E-state index contributed by atoms with van der Waals surface area (Å²) in [6.07, 6.45) is -3.11. The highest BCUT2D eigenvalue weighted by atomic mass is 16.4. The smallest absolute Gasteiger partial charge is 0.306 e. The number of fused-ring (bicyclic) bond motifs is 3. The average molecular weight is 286 g/mol. The van der Waals surface area contributed by atoms with Crippen LogP contribution in [0.25, 0.3) is 21.9 Å². The lowest BCUT2D eigenvalue weighted by Crippen LogP contribution is -2.21. The minimum absolute atomic E-state index is 0.461. The van der Waals surface area contributed by atoms with Crippen molar-refractivity contribution in [3.05, 3.63) is 48.0 Å². The van der Waals surface area contributed by atoms with Gasteiger partial charge in [0.2, 0.25) is 0 Å². The molecular weight excluding hydrogens is 272 g/mol. The number of benzene rings is 2. The van der Waals surface area contributed by atoms with Crippen molar-refractivity contribution in [2.75, 3.05) is 0 Å². The van der Waals surface area contributed by atoms with Gasteiger partial charge in [-0.25, -0.2) is 0 Å². The Morgan fingerprint density at radius 1 is 1.05 bits per heavy atom. The van der Waals surface area contributed by atoms with E-state index in [-0.39, 0.29) is 0 Å². The number of aliphatic hydroxyl groups is 2. The fraction of sp³-hybridized carbons (Fsp3) is 0.188. The molecule has 2 atom stereocenters. The van der Waals surface area contributed by atoms with E-state index in [4.69, 9.17) is 9.52 Å². The molecule has 0 aliphatic rings. The predicted octanol–water partition coefficient (Wildman–Crippen LogP) is 2.46. The summed E-state index contributed by atoms with van der Waals surface area (Å²) in [5.41, 5.74) is 1.88. The summed E-state index contributed by atoms with van der Waals surface area (Å²) >= 11 is 0. The molecule has 0 saturated carbocycles. The second-order valence-corrected chi connectivity index (χ2v) is 4.96. The Labute approximate surface area is 120 Å².